The molecule has 10 rings (SSSR count). The minimum Gasteiger partial charge on any atom is -0.453 e. The van der Waals surface area contributed by atoms with Crippen LogP contribution in [0.5, 0.6) is 11.5 Å². The predicted molar refractivity (Wildman–Crippen MR) is 203 cm³/mol. The lowest BCUT2D eigenvalue weighted by molar-refractivity contribution is 0.471. The van der Waals surface area contributed by atoms with E-state index in [1.54, 1.807) is 0 Å². The largest absolute Gasteiger partial charge is 0.453 e. The van der Waals surface area contributed by atoms with E-state index in [4.69, 9.17) is 4.74 Å². The summed E-state index contributed by atoms with van der Waals surface area (Å²) >= 11 is 0. The first-order valence-corrected chi connectivity index (χ1v) is 17.2. The normalized spacial score (nSPS) is 15.4. The van der Waals surface area contributed by atoms with Gasteiger partial charge in [0, 0.05) is 27.5 Å². The lowest BCUT2D eigenvalue weighted by Gasteiger charge is -2.46. The molecule has 0 spiro atoms. The number of fused-ring (bicyclic) bond motifs is 8. The van der Waals surface area contributed by atoms with E-state index in [-0.39, 0.29) is 10.8 Å². The van der Waals surface area contributed by atoms with Gasteiger partial charge in [-0.05, 0) is 81.7 Å². The first kappa shape index (κ1) is 28.2. The smallest absolute Gasteiger partial charge is 0.152 e. The molecule has 236 valence electrons. The van der Waals surface area contributed by atoms with Gasteiger partial charge in [0.25, 0.3) is 0 Å². The molecule has 2 heterocycles. The highest BCUT2D eigenvalue weighted by Crippen LogP contribution is 2.63. The highest BCUT2D eigenvalue weighted by molar-refractivity contribution is 6.03. The van der Waals surface area contributed by atoms with Crippen LogP contribution in [0.25, 0.3) is 21.9 Å². The van der Waals surface area contributed by atoms with Crippen molar-refractivity contribution in [3.05, 3.63) is 168 Å². The van der Waals surface area contributed by atoms with Crippen LogP contribution in [0.1, 0.15) is 49.9 Å². The number of anilines is 6. The maximum absolute atomic E-state index is 6.71. The van der Waals surface area contributed by atoms with Gasteiger partial charge in [-0.2, -0.15) is 0 Å². The van der Waals surface area contributed by atoms with Crippen molar-refractivity contribution in [3.8, 4) is 22.6 Å². The zero-order valence-corrected chi connectivity index (χ0v) is 28.2. The molecule has 3 aliphatic rings. The Hall–Kier alpha value is -5.80. The molecule has 3 heteroatoms. The van der Waals surface area contributed by atoms with E-state index in [2.05, 4.69) is 183 Å². The topological polar surface area (TPSA) is 15.7 Å². The molecule has 0 amide bonds. The third kappa shape index (κ3) is 3.79. The van der Waals surface area contributed by atoms with Crippen LogP contribution in [-0.2, 0) is 10.8 Å². The fraction of sp³-hybridized carbons (Fsp3) is 0.130. The Morgan fingerprint density at radius 1 is 0.510 bits per heavy atom. The summed E-state index contributed by atoms with van der Waals surface area (Å²) in [6.07, 6.45) is 0. The number of rotatable bonds is 3. The van der Waals surface area contributed by atoms with E-state index in [1.807, 2.05) is 0 Å². The Morgan fingerprint density at radius 2 is 1.20 bits per heavy atom. The number of hydrogen-bond donors (Lipinski definition) is 0. The van der Waals surface area contributed by atoms with Crippen molar-refractivity contribution >= 4 is 44.9 Å². The molecule has 2 aliphatic heterocycles. The van der Waals surface area contributed by atoms with Crippen molar-refractivity contribution in [2.45, 2.75) is 38.5 Å². The van der Waals surface area contributed by atoms with Gasteiger partial charge in [0.15, 0.2) is 11.5 Å². The number of nitrogens with zero attached hydrogens (tertiary/aromatic N) is 2. The molecular formula is C46H36N2O. The molecule has 1 aliphatic carbocycles. The Morgan fingerprint density at radius 3 is 2.08 bits per heavy atom. The van der Waals surface area contributed by atoms with E-state index in [9.17, 15) is 0 Å². The van der Waals surface area contributed by atoms with Crippen molar-refractivity contribution < 1.29 is 4.74 Å². The summed E-state index contributed by atoms with van der Waals surface area (Å²) in [5.41, 5.74) is 14.3. The first-order chi connectivity index (χ1) is 23.8. The van der Waals surface area contributed by atoms with Gasteiger partial charge in [-0.15, -0.1) is 0 Å². The summed E-state index contributed by atoms with van der Waals surface area (Å²) in [4.78, 5) is 4.93. The van der Waals surface area contributed by atoms with Gasteiger partial charge in [-0.1, -0.05) is 125 Å². The molecule has 3 nitrogen and oxygen atoms in total. The lowest BCUT2D eigenvalue weighted by Crippen LogP contribution is -2.34. The highest BCUT2D eigenvalue weighted by Gasteiger charge is 2.44. The minimum absolute atomic E-state index is 0.122. The van der Waals surface area contributed by atoms with Crippen molar-refractivity contribution in [1.29, 1.82) is 0 Å². The predicted octanol–water partition coefficient (Wildman–Crippen LogP) is 12.8. The molecule has 0 aromatic heterocycles. The molecule has 49 heavy (non-hydrogen) atoms. The summed E-state index contributed by atoms with van der Waals surface area (Å²) in [5, 5.41) is 2.43. The molecular weight excluding hydrogens is 597 g/mol. The monoisotopic (exact) mass is 632 g/mol. The van der Waals surface area contributed by atoms with Crippen LogP contribution in [0.15, 0.2) is 146 Å². The molecule has 0 unspecified atom stereocenters. The Labute approximate surface area is 287 Å². The third-order valence-corrected chi connectivity index (χ3v) is 11.2. The van der Waals surface area contributed by atoms with Crippen molar-refractivity contribution in [2.75, 3.05) is 9.80 Å². The highest BCUT2D eigenvalue weighted by atomic mass is 16.5. The standard InChI is InChI=1S/C46H36N2O/c1-45(2)34-18-8-7-17-32(34)33-25-24-30(28-36(33)45)47(37-22-13-15-29-14-5-6-16-31(29)37)40-26-27-42-44-43(40)46(3,4)35-19-9-10-20-38(35)48(44)39-21-11-12-23-41(39)49-42/h5-28H,1-4H3. The van der Waals surface area contributed by atoms with Gasteiger partial charge in [0.1, 0.15) is 0 Å². The summed E-state index contributed by atoms with van der Waals surface area (Å²) in [7, 11) is 0. The summed E-state index contributed by atoms with van der Waals surface area (Å²) in [6.45, 7) is 9.46. The molecule has 0 saturated carbocycles. The van der Waals surface area contributed by atoms with Gasteiger partial charge in [0.2, 0.25) is 0 Å². The van der Waals surface area contributed by atoms with Crippen LogP contribution in [0.2, 0.25) is 0 Å². The number of hydrogen-bond acceptors (Lipinski definition) is 3. The van der Waals surface area contributed by atoms with Gasteiger partial charge < -0.3 is 14.5 Å². The van der Waals surface area contributed by atoms with Crippen LogP contribution in [0.4, 0.5) is 34.1 Å². The second-order valence-corrected chi connectivity index (χ2v) is 14.6. The summed E-state index contributed by atoms with van der Waals surface area (Å²) < 4.78 is 6.71. The van der Waals surface area contributed by atoms with Gasteiger partial charge in [0.05, 0.1) is 28.4 Å². The van der Waals surface area contributed by atoms with Gasteiger partial charge >= 0.3 is 0 Å². The second-order valence-electron chi connectivity index (χ2n) is 14.6. The lowest BCUT2D eigenvalue weighted by atomic mass is 9.72. The fourth-order valence-corrected chi connectivity index (χ4v) is 8.86. The van der Waals surface area contributed by atoms with Crippen LogP contribution >= 0.6 is 0 Å². The molecule has 7 aromatic rings. The van der Waals surface area contributed by atoms with Crippen molar-refractivity contribution in [2.24, 2.45) is 0 Å². The van der Waals surface area contributed by atoms with E-state index in [1.165, 1.54) is 49.8 Å². The van der Waals surface area contributed by atoms with E-state index in [0.29, 0.717) is 0 Å². The zero-order chi connectivity index (χ0) is 33.1. The molecule has 0 bridgehead atoms. The Kier molecular flexibility index (Phi) is 5.69. The van der Waals surface area contributed by atoms with Gasteiger partial charge in [-0.25, -0.2) is 0 Å². The quantitative estimate of drug-likeness (QED) is 0.193. The van der Waals surface area contributed by atoms with Crippen LogP contribution in [-0.4, -0.2) is 0 Å². The average Bonchev–Trinajstić information content (AvgIpc) is 3.36. The van der Waals surface area contributed by atoms with E-state index >= 15 is 0 Å². The summed E-state index contributed by atoms with van der Waals surface area (Å²) in [6, 6.07) is 53.1. The van der Waals surface area contributed by atoms with Gasteiger partial charge in [-0.3, -0.25) is 0 Å². The first-order valence-electron chi connectivity index (χ1n) is 17.2. The SMILES string of the molecule is CC1(C)c2ccccc2-c2ccc(N(c3ccc4c5c3C(C)(C)c3ccccc3N5c3ccccc3O4)c3cccc4ccccc34)cc21. The van der Waals surface area contributed by atoms with Crippen LogP contribution < -0.4 is 14.5 Å². The van der Waals surface area contributed by atoms with Crippen molar-refractivity contribution in [3.63, 3.8) is 0 Å². The molecule has 0 radical (unpaired) electrons. The number of benzene rings is 7. The molecule has 0 N–H and O–H groups in total. The van der Waals surface area contributed by atoms with Crippen LogP contribution in [0.3, 0.4) is 0 Å². The Bertz CT molecular complexity index is 2500. The zero-order valence-electron chi connectivity index (χ0n) is 28.2. The van der Waals surface area contributed by atoms with E-state index < -0.39 is 0 Å². The summed E-state index contributed by atoms with van der Waals surface area (Å²) in [5.74, 6) is 1.75. The average molecular weight is 633 g/mol. The molecule has 7 aromatic carbocycles. The Balaban J connectivity index is 1.29. The van der Waals surface area contributed by atoms with Crippen molar-refractivity contribution in [1.82, 2.24) is 0 Å². The molecule has 0 atom stereocenters. The number of ether oxygens (including phenoxy) is 1. The molecule has 0 fully saturated rings. The second kappa shape index (κ2) is 9.87. The fourth-order valence-electron chi connectivity index (χ4n) is 8.86. The van der Waals surface area contributed by atoms with E-state index in [0.717, 1.165) is 39.9 Å². The maximum Gasteiger partial charge on any atom is 0.152 e. The third-order valence-electron chi connectivity index (χ3n) is 11.2. The maximum atomic E-state index is 6.71. The molecule has 0 saturated heterocycles. The van der Waals surface area contributed by atoms with Crippen LogP contribution in [0, 0.1) is 0 Å². The minimum atomic E-state index is -0.335. The number of para-hydroxylation sites is 3.